The van der Waals surface area contributed by atoms with Gasteiger partial charge in [-0.25, -0.2) is 4.98 Å². The Morgan fingerprint density at radius 1 is 1.19 bits per heavy atom. The minimum Gasteiger partial charge on any atom is -0.345 e. The Balaban J connectivity index is 1.69. The van der Waals surface area contributed by atoms with E-state index in [1.54, 1.807) is 12.5 Å². The molecule has 1 aliphatic rings. The number of carbonyl (C=O) groups excluding carboxylic acids is 1. The highest BCUT2D eigenvalue weighted by Crippen LogP contribution is 2.27. The molecule has 1 aromatic carbocycles. The maximum absolute atomic E-state index is 12.4. The molecule has 1 aliphatic carbocycles. The van der Waals surface area contributed by atoms with Gasteiger partial charge < -0.3 is 16.0 Å². The summed E-state index contributed by atoms with van der Waals surface area (Å²) in [6.45, 7) is 0. The van der Waals surface area contributed by atoms with Crippen LogP contribution in [0.25, 0.3) is 11.3 Å². The second-order valence-corrected chi connectivity index (χ2v) is 5.71. The van der Waals surface area contributed by atoms with E-state index in [9.17, 15) is 4.79 Å². The van der Waals surface area contributed by atoms with Gasteiger partial charge in [-0.05, 0) is 30.5 Å². The SMILES string of the molecule is NC1(C(=O)Nc2ccc(-c3cnc[nH]3)cc2)CCCCC1. The number of benzene rings is 1. The summed E-state index contributed by atoms with van der Waals surface area (Å²) in [5.41, 5.74) is 8.29. The molecule has 1 heterocycles. The standard InChI is InChI=1S/C16H20N4O/c17-16(8-2-1-3-9-16)15(21)20-13-6-4-12(5-7-13)14-10-18-11-19-14/h4-7,10-11H,1-3,8-9,17H2,(H,18,19)(H,20,21). The molecule has 21 heavy (non-hydrogen) atoms. The minimum absolute atomic E-state index is 0.0727. The molecule has 0 saturated heterocycles. The minimum atomic E-state index is -0.708. The quantitative estimate of drug-likeness (QED) is 0.810. The van der Waals surface area contributed by atoms with E-state index >= 15 is 0 Å². The van der Waals surface area contributed by atoms with Crippen molar-refractivity contribution in [1.29, 1.82) is 0 Å². The number of nitrogens with zero attached hydrogens (tertiary/aromatic N) is 1. The number of aromatic nitrogens is 2. The number of anilines is 1. The van der Waals surface area contributed by atoms with Crippen LogP contribution in [0.1, 0.15) is 32.1 Å². The van der Waals surface area contributed by atoms with E-state index < -0.39 is 5.54 Å². The van der Waals surface area contributed by atoms with Crippen LogP contribution in [-0.4, -0.2) is 21.4 Å². The monoisotopic (exact) mass is 284 g/mol. The van der Waals surface area contributed by atoms with Gasteiger partial charge in [0.15, 0.2) is 0 Å². The summed E-state index contributed by atoms with van der Waals surface area (Å²) in [6, 6.07) is 7.68. The van der Waals surface area contributed by atoms with Crippen molar-refractivity contribution in [3.8, 4) is 11.3 Å². The van der Waals surface area contributed by atoms with E-state index in [4.69, 9.17) is 5.73 Å². The Kier molecular flexibility index (Phi) is 3.75. The van der Waals surface area contributed by atoms with Crippen molar-refractivity contribution in [2.45, 2.75) is 37.6 Å². The topological polar surface area (TPSA) is 83.8 Å². The summed E-state index contributed by atoms with van der Waals surface area (Å²) >= 11 is 0. The van der Waals surface area contributed by atoms with Gasteiger partial charge >= 0.3 is 0 Å². The number of imidazole rings is 1. The first-order valence-electron chi connectivity index (χ1n) is 7.37. The zero-order valence-corrected chi connectivity index (χ0v) is 11.9. The number of nitrogens with two attached hydrogens (primary N) is 1. The first kappa shape index (κ1) is 13.8. The maximum Gasteiger partial charge on any atom is 0.244 e. The maximum atomic E-state index is 12.4. The summed E-state index contributed by atoms with van der Waals surface area (Å²) < 4.78 is 0. The third kappa shape index (κ3) is 2.97. The van der Waals surface area contributed by atoms with Crippen LogP contribution in [0.15, 0.2) is 36.8 Å². The van der Waals surface area contributed by atoms with Crippen LogP contribution >= 0.6 is 0 Å². The van der Waals surface area contributed by atoms with Crippen molar-refractivity contribution in [2.75, 3.05) is 5.32 Å². The van der Waals surface area contributed by atoms with Gasteiger partial charge in [0.05, 0.1) is 23.8 Å². The van der Waals surface area contributed by atoms with Gasteiger partial charge in [0, 0.05) is 5.69 Å². The molecule has 5 heteroatoms. The molecular weight excluding hydrogens is 264 g/mol. The molecule has 1 fully saturated rings. The molecule has 2 aromatic rings. The van der Waals surface area contributed by atoms with E-state index in [1.807, 2.05) is 24.3 Å². The zero-order valence-electron chi connectivity index (χ0n) is 11.9. The number of H-pyrrole nitrogens is 1. The second-order valence-electron chi connectivity index (χ2n) is 5.71. The number of carbonyl (C=O) groups is 1. The van der Waals surface area contributed by atoms with Gasteiger partial charge in [-0.3, -0.25) is 4.79 Å². The fourth-order valence-electron chi connectivity index (χ4n) is 2.81. The van der Waals surface area contributed by atoms with E-state index in [2.05, 4.69) is 15.3 Å². The van der Waals surface area contributed by atoms with E-state index in [1.165, 1.54) is 6.42 Å². The van der Waals surface area contributed by atoms with Crippen molar-refractivity contribution < 1.29 is 4.79 Å². The molecule has 1 saturated carbocycles. The lowest BCUT2D eigenvalue weighted by atomic mass is 9.82. The van der Waals surface area contributed by atoms with Crippen LogP contribution in [0.3, 0.4) is 0 Å². The normalized spacial score (nSPS) is 17.4. The molecule has 3 rings (SSSR count). The number of amides is 1. The smallest absolute Gasteiger partial charge is 0.244 e. The summed E-state index contributed by atoms with van der Waals surface area (Å²) in [5, 5.41) is 2.93. The molecule has 110 valence electrons. The molecule has 0 unspecified atom stereocenters. The number of hydrogen-bond acceptors (Lipinski definition) is 3. The predicted molar refractivity (Wildman–Crippen MR) is 82.7 cm³/mol. The molecule has 0 radical (unpaired) electrons. The molecule has 0 aliphatic heterocycles. The largest absolute Gasteiger partial charge is 0.345 e. The van der Waals surface area contributed by atoms with Gasteiger partial charge in [0.2, 0.25) is 5.91 Å². The third-order valence-corrected chi connectivity index (χ3v) is 4.15. The first-order valence-corrected chi connectivity index (χ1v) is 7.37. The van der Waals surface area contributed by atoms with Gasteiger partial charge in [0.25, 0.3) is 0 Å². The summed E-state index contributed by atoms with van der Waals surface area (Å²) in [6.07, 6.45) is 8.18. The molecule has 0 atom stereocenters. The van der Waals surface area contributed by atoms with Gasteiger partial charge in [-0.2, -0.15) is 0 Å². The summed E-state index contributed by atoms with van der Waals surface area (Å²) in [7, 11) is 0. The fraction of sp³-hybridized carbons (Fsp3) is 0.375. The Morgan fingerprint density at radius 2 is 1.90 bits per heavy atom. The number of rotatable bonds is 3. The summed E-state index contributed by atoms with van der Waals surface area (Å²) in [4.78, 5) is 19.4. The van der Waals surface area contributed by atoms with Crippen LogP contribution < -0.4 is 11.1 Å². The lowest BCUT2D eigenvalue weighted by molar-refractivity contribution is -0.122. The van der Waals surface area contributed by atoms with Crippen molar-refractivity contribution in [2.24, 2.45) is 5.73 Å². The fourth-order valence-corrected chi connectivity index (χ4v) is 2.81. The van der Waals surface area contributed by atoms with Crippen LogP contribution in [0.5, 0.6) is 0 Å². The van der Waals surface area contributed by atoms with Crippen molar-refractivity contribution in [3.05, 3.63) is 36.8 Å². The Labute approximate surface area is 124 Å². The molecule has 0 spiro atoms. The molecule has 4 N–H and O–H groups in total. The Morgan fingerprint density at radius 3 is 2.52 bits per heavy atom. The van der Waals surface area contributed by atoms with Crippen LogP contribution in [0, 0.1) is 0 Å². The van der Waals surface area contributed by atoms with E-state index in [-0.39, 0.29) is 5.91 Å². The highest BCUT2D eigenvalue weighted by Gasteiger charge is 2.35. The number of nitrogens with one attached hydrogen (secondary N) is 2. The Bertz CT molecular complexity index is 598. The average Bonchev–Trinajstić information content (AvgIpc) is 3.03. The Hall–Kier alpha value is -2.14. The second kappa shape index (κ2) is 5.69. The zero-order chi connectivity index (χ0) is 14.7. The van der Waals surface area contributed by atoms with Gasteiger partial charge in [0.1, 0.15) is 0 Å². The highest BCUT2D eigenvalue weighted by molar-refractivity contribution is 5.98. The van der Waals surface area contributed by atoms with Crippen molar-refractivity contribution >= 4 is 11.6 Å². The van der Waals surface area contributed by atoms with Crippen LogP contribution in [0.4, 0.5) is 5.69 Å². The molecule has 1 amide bonds. The van der Waals surface area contributed by atoms with Gasteiger partial charge in [-0.15, -0.1) is 0 Å². The molecule has 0 bridgehead atoms. The first-order chi connectivity index (χ1) is 10.2. The van der Waals surface area contributed by atoms with Gasteiger partial charge in [-0.1, -0.05) is 31.4 Å². The van der Waals surface area contributed by atoms with Crippen molar-refractivity contribution in [3.63, 3.8) is 0 Å². The van der Waals surface area contributed by atoms with Crippen LogP contribution in [-0.2, 0) is 4.79 Å². The van der Waals surface area contributed by atoms with E-state index in [0.29, 0.717) is 0 Å². The molecule has 1 aromatic heterocycles. The van der Waals surface area contributed by atoms with E-state index in [0.717, 1.165) is 42.6 Å². The number of aromatic amines is 1. The summed E-state index contributed by atoms with van der Waals surface area (Å²) in [5.74, 6) is -0.0727. The average molecular weight is 284 g/mol. The highest BCUT2D eigenvalue weighted by atomic mass is 16.2. The lowest BCUT2D eigenvalue weighted by Gasteiger charge is -2.31. The molecular formula is C16H20N4O. The third-order valence-electron chi connectivity index (χ3n) is 4.15. The van der Waals surface area contributed by atoms with Crippen LogP contribution in [0.2, 0.25) is 0 Å². The molecule has 5 nitrogen and oxygen atoms in total. The van der Waals surface area contributed by atoms with Crippen molar-refractivity contribution in [1.82, 2.24) is 9.97 Å². The number of hydrogen-bond donors (Lipinski definition) is 3. The lowest BCUT2D eigenvalue weighted by Crippen LogP contribution is -2.52. The predicted octanol–water partition coefficient (Wildman–Crippen LogP) is 2.68.